The monoisotopic (exact) mass is 312 g/mol. The zero-order valence-electron chi connectivity index (χ0n) is 11.0. The van der Waals surface area contributed by atoms with Crippen LogP contribution in [-0.4, -0.2) is 24.2 Å². The number of aromatic nitrogens is 1. The van der Waals surface area contributed by atoms with E-state index >= 15 is 0 Å². The van der Waals surface area contributed by atoms with Crippen LogP contribution >= 0.6 is 15.9 Å². The Hall–Kier alpha value is -0.450. The van der Waals surface area contributed by atoms with Gasteiger partial charge in [-0.25, -0.2) is 0 Å². The lowest BCUT2D eigenvalue weighted by molar-refractivity contribution is -0.0284. The van der Waals surface area contributed by atoms with E-state index in [1.54, 1.807) is 0 Å². The molecule has 100 valence electrons. The lowest BCUT2D eigenvalue weighted by atomic mass is 9.90. The minimum absolute atomic E-state index is 0.176. The van der Waals surface area contributed by atoms with E-state index in [4.69, 9.17) is 4.74 Å². The number of rotatable bonds is 4. The van der Waals surface area contributed by atoms with Crippen LogP contribution in [0.4, 0.5) is 0 Å². The third kappa shape index (κ3) is 3.77. The van der Waals surface area contributed by atoms with E-state index < -0.39 is 0 Å². The summed E-state index contributed by atoms with van der Waals surface area (Å²) in [5, 5.41) is 3.52. The summed E-state index contributed by atoms with van der Waals surface area (Å²) in [5.41, 5.74) is 1.18. The number of ether oxygens (including phenoxy) is 1. The van der Waals surface area contributed by atoms with Gasteiger partial charge in [-0.05, 0) is 34.8 Å². The Morgan fingerprint density at radius 2 is 2.33 bits per heavy atom. The lowest BCUT2D eigenvalue weighted by Crippen LogP contribution is -2.35. The van der Waals surface area contributed by atoms with Crippen LogP contribution in [0, 0.1) is 5.92 Å². The summed E-state index contributed by atoms with van der Waals surface area (Å²) in [6, 6.07) is 2.64. The standard InChI is InChI=1S/C14H21BrN2O/c1-10(2)17-8-11-4-3-5-18-14(11)12-6-13(15)9-16-7-12/h6-7,9-11,14,17H,3-5,8H2,1-2H3. The Morgan fingerprint density at radius 1 is 1.50 bits per heavy atom. The van der Waals surface area contributed by atoms with Gasteiger partial charge in [0.15, 0.2) is 0 Å². The number of hydrogen-bond acceptors (Lipinski definition) is 3. The molecular weight excluding hydrogens is 292 g/mol. The zero-order chi connectivity index (χ0) is 13.0. The van der Waals surface area contributed by atoms with Crippen molar-refractivity contribution in [2.24, 2.45) is 5.92 Å². The second-order valence-electron chi connectivity index (χ2n) is 5.19. The van der Waals surface area contributed by atoms with Gasteiger partial charge in [0.2, 0.25) is 0 Å². The van der Waals surface area contributed by atoms with Crippen molar-refractivity contribution in [3.63, 3.8) is 0 Å². The smallest absolute Gasteiger partial charge is 0.0880 e. The highest BCUT2D eigenvalue weighted by atomic mass is 79.9. The number of halogens is 1. The van der Waals surface area contributed by atoms with E-state index in [9.17, 15) is 0 Å². The minimum atomic E-state index is 0.176. The summed E-state index contributed by atoms with van der Waals surface area (Å²) in [7, 11) is 0. The van der Waals surface area contributed by atoms with Crippen molar-refractivity contribution in [3.8, 4) is 0 Å². The largest absolute Gasteiger partial charge is 0.373 e. The first-order valence-electron chi connectivity index (χ1n) is 6.62. The molecule has 3 nitrogen and oxygen atoms in total. The van der Waals surface area contributed by atoms with Gasteiger partial charge in [0.1, 0.15) is 0 Å². The molecule has 2 unspecified atom stereocenters. The molecule has 2 rings (SSSR count). The van der Waals surface area contributed by atoms with E-state index in [0.29, 0.717) is 12.0 Å². The first-order chi connectivity index (χ1) is 8.66. The SMILES string of the molecule is CC(C)NCC1CCCOC1c1cncc(Br)c1. The predicted molar refractivity (Wildman–Crippen MR) is 76.5 cm³/mol. The molecule has 1 N–H and O–H groups in total. The van der Waals surface area contributed by atoms with Crippen LogP contribution in [0.1, 0.15) is 38.4 Å². The molecule has 1 saturated heterocycles. The average molecular weight is 313 g/mol. The highest BCUT2D eigenvalue weighted by molar-refractivity contribution is 9.10. The van der Waals surface area contributed by atoms with Crippen LogP contribution < -0.4 is 5.32 Å². The van der Waals surface area contributed by atoms with Crippen molar-refractivity contribution in [2.45, 2.75) is 38.8 Å². The Bertz CT molecular complexity index is 384. The molecule has 2 heterocycles. The number of hydrogen-bond donors (Lipinski definition) is 1. The van der Waals surface area contributed by atoms with Gasteiger partial charge in [-0.15, -0.1) is 0 Å². The Balaban J connectivity index is 2.07. The van der Waals surface area contributed by atoms with Gasteiger partial charge in [0, 0.05) is 47.5 Å². The fraction of sp³-hybridized carbons (Fsp3) is 0.643. The zero-order valence-corrected chi connectivity index (χ0v) is 12.6. The van der Waals surface area contributed by atoms with Crippen LogP contribution in [0.2, 0.25) is 0 Å². The lowest BCUT2D eigenvalue weighted by Gasteiger charge is -2.32. The van der Waals surface area contributed by atoms with E-state index in [1.165, 1.54) is 12.0 Å². The molecule has 1 aliphatic heterocycles. The average Bonchev–Trinajstić information content (AvgIpc) is 2.36. The van der Waals surface area contributed by atoms with E-state index in [-0.39, 0.29) is 6.10 Å². The molecule has 18 heavy (non-hydrogen) atoms. The topological polar surface area (TPSA) is 34.1 Å². The van der Waals surface area contributed by atoms with Gasteiger partial charge in [0.25, 0.3) is 0 Å². The van der Waals surface area contributed by atoms with Crippen LogP contribution in [0.25, 0.3) is 0 Å². The second kappa shape index (κ2) is 6.64. The molecule has 0 aromatic carbocycles. The third-order valence-electron chi connectivity index (χ3n) is 3.29. The minimum Gasteiger partial charge on any atom is -0.373 e. The van der Waals surface area contributed by atoms with Gasteiger partial charge in [-0.1, -0.05) is 13.8 Å². The Morgan fingerprint density at radius 3 is 3.06 bits per heavy atom. The van der Waals surface area contributed by atoms with Crippen molar-refractivity contribution in [1.29, 1.82) is 0 Å². The molecule has 0 bridgehead atoms. The summed E-state index contributed by atoms with van der Waals surface area (Å²) in [5.74, 6) is 0.539. The Kier molecular flexibility index (Phi) is 5.15. The van der Waals surface area contributed by atoms with Crippen molar-refractivity contribution in [3.05, 3.63) is 28.5 Å². The maximum atomic E-state index is 5.96. The van der Waals surface area contributed by atoms with E-state index in [0.717, 1.165) is 24.0 Å². The van der Waals surface area contributed by atoms with Gasteiger partial charge in [-0.3, -0.25) is 4.98 Å². The third-order valence-corrected chi connectivity index (χ3v) is 3.72. The molecule has 1 fully saturated rings. The molecule has 0 radical (unpaired) electrons. The van der Waals surface area contributed by atoms with E-state index in [2.05, 4.69) is 46.1 Å². The highest BCUT2D eigenvalue weighted by Gasteiger charge is 2.27. The van der Waals surface area contributed by atoms with Crippen molar-refractivity contribution in [1.82, 2.24) is 10.3 Å². The quantitative estimate of drug-likeness (QED) is 0.926. The number of pyridine rings is 1. The molecule has 1 aliphatic rings. The van der Waals surface area contributed by atoms with Crippen LogP contribution in [0.3, 0.4) is 0 Å². The van der Waals surface area contributed by atoms with Gasteiger partial charge in [-0.2, -0.15) is 0 Å². The van der Waals surface area contributed by atoms with Gasteiger partial charge >= 0.3 is 0 Å². The molecule has 4 heteroatoms. The Labute approximate surface area is 117 Å². The fourth-order valence-electron chi connectivity index (χ4n) is 2.39. The molecule has 0 aliphatic carbocycles. The van der Waals surface area contributed by atoms with Gasteiger partial charge < -0.3 is 10.1 Å². The number of nitrogens with zero attached hydrogens (tertiary/aromatic N) is 1. The normalized spacial score (nSPS) is 24.4. The maximum Gasteiger partial charge on any atom is 0.0880 e. The van der Waals surface area contributed by atoms with Gasteiger partial charge in [0.05, 0.1) is 6.10 Å². The number of nitrogens with one attached hydrogen (secondary N) is 1. The molecule has 0 spiro atoms. The maximum absolute atomic E-state index is 5.96. The summed E-state index contributed by atoms with van der Waals surface area (Å²) in [4.78, 5) is 4.24. The highest BCUT2D eigenvalue weighted by Crippen LogP contribution is 2.33. The molecule has 0 saturated carbocycles. The molecular formula is C14H21BrN2O. The first-order valence-corrected chi connectivity index (χ1v) is 7.41. The predicted octanol–water partition coefficient (Wildman–Crippen LogP) is 3.31. The van der Waals surface area contributed by atoms with Crippen molar-refractivity contribution >= 4 is 15.9 Å². The summed E-state index contributed by atoms with van der Waals surface area (Å²) < 4.78 is 6.98. The fourth-order valence-corrected chi connectivity index (χ4v) is 2.77. The summed E-state index contributed by atoms with van der Waals surface area (Å²) in [6.07, 6.45) is 6.28. The summed E-state index contributed by atoms with van der Waals surface area (Å²) in [6.45, 7) is 6.23. The van der Waals surface area contributed by atoms with Crippen LogP contribution in [0.5, 0.6) is 0 Å². The second-order valence-corrected chi connectivity index (χ2v) is 6.11. The molecule has 1 aromatic rings. The molecule has 2 atom stereocenters. The van der Waals surface area contributed by atoms with E-state index in [1.807, 2.05) is 12.4 Å². The van der Waals surface area contributed by atoms with Crippen LogP contribution in [-0.2, 0) is 4.74 Å². The van der Waals surface area contributed by atoms with Crippen LogP contribution in [0.15, 0.2) is 22.9 Å². The summed E-state index contributed by atoms with van der Waals surface area (Å²) >= 11 is 3.48. The first kappa shape index (κ1) is 14.0. The molecule has 0 amide bonds. The van der Waals surface area contributed by atoms with Crippen molar-refractivity contribution in [2.75, 3.05) is 13.2 Å². The molecule has 1 aromatic heterocycles. The van der Waals surface area contributed by atoms with Crippen molar-refractivity contribution < 1.29 is 4.74 Å².